The summed E-state index contributed by atoms with van der Waals surface area (Å²) in [6.45, 7) is 0.357. The van der Waals surface area contributed by atoms with Gasteiger partial charge in [0.05, 0.1) is 0 Å². The van der Waals surface area contributed by atoms with Crippen LogP contribution in [0.4, 0.5) is 10.1 Å². The minimum absolute atomic E-state index is 0.157. The SMILES string of the molecule is O=C(Nc1ccc(OCc2ccc(F)cc2)cc1)c1ccccc1. The summed E-state index contributed by atoms with van der Waals surface area (Å²) in [5.41, 5.74) is 2.19. The summed E-state index contributed by atoms with van der Waals surface area (Å²) >= 11 is 0. The Hall–Kier alpha value is -3.14. The van der Waals surface area contributed by atoms with Crippen molar-refractivity contribution in [1.29, 1.82) is 0 Å². The molecule has 0 unspecified atom stereocenters. The van der Waals surface area contributed by atoms with Crippen LogP contribution in [-0.4, -0.2) is 5.91 Å². The lowest BCUT2D eigenvalue weighted by Gasteiger charge is -2.08. The van der Waals surface area contributed by atoms with Gasteiger partial charge >= 0.3 is 0 Å². The number of amides is 1. The van der Waals surface area contributed by atoms with Gasteiger partial charge in [-0.3, -0.25) is 4.79 Å². The number of halogens is 1. The van der Waals surface area contributed by atoms with Crippen LogP contribution in [0.25, 0.3) is 0 Å². The lowest BCUT2D eigenvalue weighted by Crippen LogP contribution is -2.11. The van der Waals surface area contributed by atoms with Crippen molar-refractivity contribution in [3.63, 3.8) is 0 Å². The molecular formula is C20H16FNO2. The van der Waals surface area contributed by atoms with Gasteiger partial charge in [-0.25, -0.2) is 4.39 Å². The molecule has 0 aromatic heterocycles. The van der Waals surface area contributed by atoms with Crippen LogP contribution in [0.15, 0.2) is 78.9 Å². The van der Waals surface area contributed by atoms with E-state index in [0.29, 0.717) is 23.6 Å². The average molecular weight is 321 g/mol. The van der Waals surface area contributed by atoms with Crippen molar-refractivity contribution in [2.45, 2.75) is 6.61 Å². The van der Waals surface area contributed by atoms with Crippen LogP contribution in [0.1, 0.15) is 15.9 Å². The molecule has 0 atom stereocenters. The molecule has 0 saturated carbocycles. The van der Waals surface area contributed by atoms with Crippen LogP contribution in [0.3, 0.4) is 0 Å². The Morgan fingerprint density at radius 2 is 1.54 bits per heavy atom. The molecule has 3 rings (SSSR count). The van der Waals surface area contributed by atoms with Crippen molar-refractivity contribution >= 4 is 11.6 Å². The first-order chi connectivity index (χ1) is 11.7. The monoisotopic (exact) mass is 321 g/mol. The number of benzene rings is 3. The standard InChI is InChI=1S/C20H16FNO2/c21-17-8-6-15(7-9-17)14-24-19-12-10-18(11-13-19)22-20(23)16-4-2-1-3-5-16/h1-13H,14H2,(H,22,23). The fourth-order valence-electron chi connectivity index (χ4n) is 2.17. The molecule has 3 aromatic rings. The Morgan fingerprint density at radius 1 is 0.875 bits per heavy atom. The highest BCUT2D eigenvalue weighted by molar-refractivity contribution is 6.04. The summed E-state index contributed by atoms with van der Waals surface area (Å²) in [6.07, 6.45) is 0. The first-order valence-corrected chi connectivity index (χ1v) is 7.54. The Kier molecular flexibility index (Phi) is 4.87. The first kappa shape index (κ1) is 15.7. The van der Waals surface area contributed by atoms with Crippen LogP contribution in [0.5, 0.6) is 5.75 Å². The van der Waals surface area contributed by atoms with E-state index in [4.69, 9.17) is 4.74 Å². The molecule has 0 radical (unpaired) electrons. The Morgan fingerprint density at radius 3 is 2.21 bits per heavy atom. The molecule has 0 aliphatic rings. The van der Waals surface area contributed by atoms with Gasteiger partial charge in [0.1, 0.15) is 18.2 Å². The average Bonchev–Trinajstić information content (AvgIpc) is 2.63. The topological polar surface area (TPSA) is 38.3 Å². The zero-order valence-corrected chi connectivity index (χ0v) is 12.9. The van der Waals surface area contributed by atoms with E-state index in [0.717, 1.165) is 5.56 Å². The fraction of sp³-hybridized carbons (Fsp3) is 0.0500. The van der Waals surface area contributed by atoms with Gasteiger partial charge in [0, 0.05) is 11.3 Å². The maximum Gasteiger partial charge on any atom is 0.255 e. The number of ether oxygens (including phenoxy) is 1. The zero-order valence-electron chi connectivity index (χ0n) is 12.9. The Labute approximate surface area is 139 Å². The predicted octanol–water partition coefficient (Wildman–Crippen LogP) is 4.66. The molecule has 0 bridgehead atoms. The fourth-order valence-corrected chi connectivity index (χ4v) is 2.17. The second kappa shape index (κ2) is 7.42. The number of hydrogen-bond donors (Lipinski definition) is 1. The van der Waals surface area contributed by atoms with Crippen molar-refractivity contribution in [3.8, 4) is 5.75 Å². The van der Waals surface area contributed by atoms with Gasteiger partial charge in [-0.2, -0.15) is 0 Å². The summed E-state index contributed by atoms with van der Waals surface area (Å²) in [6, 6.07) is 22.3. The molecule has 3 nitrogen and oxygen atoms in total. The van der Waals surface area contributed by atoms with E-state index in [9.17, 15) is 9.18 Å². The summed E-state index contributed by atoms with van der Waals surface area (Å²) in [5.74, 6) is 0.255. The third-order valence-corrected chi connectivity index (χ3v) is 3.47. The van der Waals surface area contributed by atoms with E-state index in [2.05, 4.69) is 5.32 Å². The van der Waals surface area contributed by atoms with Crippen molar-refractivity contribution in [1.82, 2.24) is 0 Å². The summed E-state index contributed by atoms with van der Waals surface area (Å²) in [7, 11) is 0. The van der Waals surface area contributed by atoms with Crippen LogP contribution in [0, 0.1) is 5.82 Å². The number of carbonyl (C=O) groups excluding carboxylic acids is 1. The summed E-state index contributed by atoms with van der Waals surface area (Å²) < 4.78 is 18.5. The maximum absolute atomic E-state index is 12.8. The van der Waals surface area contributed by atoms with Gasteiger partial charge < -0.3 is 10.1 Å². The predicted molar refractivity (Wildman–Crippen MR) is 91.6 cm³/mol. The van der Waals surface area contributed by atoms with Gasteiger partial charge in [0.2, 0.25) is 0 Å². The normalized spacial score (nSPS) is 10.2. The molecule has 3 aromatic carbocycles. The number of anilines is 1. The second-order valence-corrected chi connectivity index (χ2v) is 5.26. The maximum atomic E-state index is 12.8. The molecule has 1 N–H and O–H groups in total. The number of rotatable bonds is 5. The minimum Gasteiger partial charge on any atom is -0.489 e. The van der Waals surface area contributed by atoms with Gasteiger partial charge in [0.25, 0.3) is 5.91 Å². The zero-order chi connectivity index (χ0) is 16.8. The van der Waals surface area contributed by atoms with E-state index in [1.807, 2.05) is 18.2 Å². The third-order valence-electron chi connectivity index (χ3n) is 3.47. The lowest BCUT2D eigenvalue weighted by molar-refractivity contribution is 0.102. The van der Waals surface area contributed by atoms with Crippen molar-refractivity contribution < 1.29 is 13.9 Å². The van der Waals surface area contributed by atoms with Crippen molar-refractivity contribution in [2.75, 3.05) is 5.32 Å². The summed E-state index contributed by atoms with van der Waals surface area (Å²) in [5, 5.41) is 2.83. The van der Waals surface area contributed by atoms with E-state index < -0.39 is 0 Å². The Bertz CT molecular complexity index is 799. The third kappa shape index (κ3) is 4.20. The van der Waals surface area contributed by atoms with Crippen LogP contribution < -0.4 is 10.1 Å². The van der Waals surface area contributed by atoms with E-state index in [1.54, 1.807) is 48.5 Å². The lowest BCUT2D eigenvalue weighted by atomic mass is 10.2. The van der Waals surface area contributed by atoms with Crippen molar-refractivity contribution in [3.05, 3.63) is 95.8 Å². The van der Waals surface area contributed by atoms with Crippen molar-refractivity contribution in [2.24, 2.45) is 0 Å². The van der Waals surface area contributed by atoms with E-state index >= 15 is 0 Å². The molecule has 4 heteroatoms. The van der Waals surface area contributed by atoms with Crippen LogP contribution in [-0.2, 0) is 6.61 Å². The first-order valence-electron chi connectivity index (χ1n) is 7.54. The molecule has 0 aliphatic carbocycles. The smallest absolute Gasteiger partial charge is 0.255 e. The molecule has 0 aliphatic heterocycles. The number of carbonyl (C=O) groups is 1. The molecule has 0 fully saturated rings. The molecule has 24 heavy (non-hydrogen) atoms. The van der Waals surface area contributed by atoms with E-state index in [1.165, 1.54) is 12.1 Å². The quantitative estimate of drug-likeness (QED) is 0.742. The van der Waals surface area contributed by atoms with Crippen LogP contribution >= 0.6 is 0 Å². The highest BCUT2D eigenvalue weighted by atomic mass is 19.1. The minimum atomic E-state index is -0.266. The van der Waals surface area contributed by atoms with Gasteiger partial charge in [-0.1, -0.05) is 30.3 Å². The molecule has 0 spiro atoms. The van der Waals surface area contributed by atoms with Gasteiger partial charge in [-0.15, -0.1) is 0 Å². The van der Waals surface area contributed by atoms with Gasteiger partial charge in [-0.05, 0) is 54.1 Å². The second-order valence-electron chi connectivity index (χ2n) is 5.26. The molecule has 0 heterocycles. The number of hydrogen-bond acceptors (Lipinski definition) is 2. The van der Waals surface area contributed by atoms with E-state index in [-0.39, 0.29) is 11.7 Å². The number of nitrogens with one attached hydrogen (secondary N) is 1. The van der Waals surface area contributed by atoms with Gasteiger partial charge in [0.15, 0.2) is 0 Å². The summed E-state index contributed by atoms with van der Waals surface area (Å²) in [4.78, 5) is 12.1. The van der Waals surface area contributed by atoms with Crippen LogP contribution in [0.2, 0.25) is 0 Å². The largest absolute Gasteiger partial charge is 0.489 e. The molecule has 120 valence electrons. The highest BCUT2D eigenvalue weighted by Gasteiger charge is 2.05. The molecule has 0 saturated heterocycles. The molecular weight excluding hydrogens is 305 g/mol. The highest BCUT2D eigenvalue weighted by Crippen LogP contribution is 2.18. The molecule has 1 amide bonds. The Balaban J connectivity index is 1.57.